The lowest BCUT2D eigenvalue weighted by atomic mass is 10.1. The van der Waals surface area contributed by atoms with Crippen LogP contribution in [0, 0.1) is 0 Å². The third-order valence-electron chi connectivity index (χ3n) is 2.35. The maximum atomic E-state index is 11.3. The number of hydrogen-bond acceptors (Lipinski definition) is 3. The maximum absolute atomic E-state index is 11.3. The van der Waals surface area contributed by atoms with Crippen LogP contribution < -0.4 is 10.6 Å². The van der Waals surface area contributed by atoms with Crippen molar-refractivity contribution in [3.63, 3.8) is 0 Å². The lowest BCUT2D eigenvalue weighted by Gasteiger charge is -2.35. The largest absolute Gasteiger partial charge is 0.350 e. The third-order valence-corrected chi connectivity index (χ3v) is 2.35. The molecule has 1 aliphatic rings. The highest BCUT2D eigenvalue weighted by Crippen LogP contribution is 2.04. The highest BCUT2D eigenvalue weighted by Gasteiger charge is 2.25. The molecule has 76 valence electrons. The number of hydrogen-bond donors (Lipinski definition) is 2. The molecule has 0 saturated carbocycles. The molecule has 0 spiro atoms. The van der Waals surface area contributed by atoms with Gasteiger partial charge >= 0.3 is 0 Å². The minimum Gasteiger partial charge on any atom is -0.350 e. The van der Waals surface area contributed by atoms with E-state index in [0.717, 1.165) is 13.1 Å². The van der Waals surface area contributed by atoms with E-state index in [1.165, 1.54) is 0 Å². The normalized spacial score (nSPS) is 24.9. The Morgan fingerprint density at radius 2 is 2.38 bits per heavy atom. The van der Waals surface area contributed by atoms with Crippen LogP contribution in [0.3, 0.4) is 0 Å². The molecular formula is C9H19N3O. The van der Waals surface area contributed by atoms with Crippen LogP contribution >= 0.6 is 0 Å². The van der Waals surface area contributed by atoms with Gasteiger partial charge in [-0.2, -0.15) is 0 Å². The van der Waals surface area contributed by atoms with Gasteiger partial charge in [0, 0.05) is 19.1 Å². The monoisotopic (exact) mass is 185 g/mol. The first-order valence-electron chi connectivity index (χ1n) is 4.81. The standard InChI is InChI=1S/C9H19N3O/c1-7(2)12-5-8(4-10-3)11-9(13)6-12/h7-8,10H,4-6H2,1-3H3,(H,11,13). The van der Waals surface area contributed by atoms with E-state index in [1.807, 2.05) is 7.05 Å². The molecule has 1 rings (SSSR count). The number of piperazine rings is 1. The summed E-state index contributed by atoms with van der Waals surface area (Å²) >= 11 is 0. The van der Waals surface area contributed by atoms with Crippen LogP contribution in [-0.4, -0.2) is 49.6 Å². The minimum atomic E-state index is 0.139. The van der Waals surface area contributed by atoms with Crippen LogP contribution in [0.2, 0.25) is 0 Å². The molecule has 1 atom stereocenters. The molecule has 1 heterocycles. The fourth-order valence-electron chi connectivity index (χ4n) is 1.61. The highest BCUT2D eigenvalue weighted by molar-refractivity contribution is 5.79. The van der Waals surface area contributed by atoms with Crippen LogP contribution in [0.5, 0.6) is 0 Å². The molecule has 4 heteroatoms. The average molecular weight is 185 g/mol. The van der Waals surface area contributed by atoms with Crippen molar-refractivity contribution in [2.24, 2.45) is 0 Å². The molecule has 0 bridgehead atoms. The van der Waals surface area contributed by atoms with Crippen LogP contribution in [0.1, 0.15) is 13.8 Å². The molecular weight excluding hydrogens is 166 g/mol. The van der Waals surface area contributed by atoms with Gasteiger partial charge < -0.3 is 10.6 Å². The molecule has 1 amide bonds. The molecule has 0 aromatic carbocycles. The number of rotatable bonds is 3. The van der Waals surface area contributed by atoms with Crippen molar-refractivity contribution in [2.75, 3.05) is 26.7 Å². The van der Waals surface area contributed by atoms with Gasteiger partial charge in [-0.15, -0.1) is 0 Å². The van der Waals surface area contributed by atoms with E-state index in [-0.39, 0.29) is 11.9 Å². The Hall–Kier alpha value is -0.610. The Kier molecular flexibility index (Phi) is 3.69. The van der Waals surface area contributed by atoms with E-state index in [4.69, 9.17) is 0 Å². The number of amides is 1. The summed E-state index contributed by atoms with van der Waals surface area (Å²) in [6.07, 6.45) is 0. The second-order valence-electron chi connectivity index (χ2n) is 3.85. The van der Waals surface area contributed by atoms with E-state index >= 15 is 0 Å². The summed E-state index contributed by atoms with van der Waals surface area (Å²) in [5.41, 5.74) is 0. The van der Waals surface area contributed by atoms with Gasteiger partial charge in [-0.1, -0.05) is 0 Å². The number of likely N-dealkylation sites (N-methyl/N-ethyl adjacent to an activating group) is 1. The van der Waals surface area contributed by atoms with Crippen molar-refractivity contribution in [3.05, 3.63) is 0 Å². The van der Waals surface area contributed by atoms with Gasteiger partial charge in [0.15, 0.2) is 0 Å². The smallest absolute Gasteiger partial charge is 0.234 e. The van der Waals surface area contributed by atoms with Crippen molar-refractivity contribution in [3.8, 4) is 0 Å². The Morgan fingerprint density at radius 1 is 1.69 bits per heavy atom. The second-order valence-corrected chi connectivity index (χ2v) is 3.85. The van der Waals surface area contributed by atoms with Crippen molar-refractivity contribution in [2.45, 2.75) is 25.9 Å². The summed E-state index contributed by atoms with van der Waals surface area (Å²) in [7, 11) is 1.90. The van der Waals surface area contributed by atoms with Gasteiger partial charge in [0.1, 0.15) is 0 Å². The van der Waals surface area contributed by atoms with Crippen LogP contribution in [-0.2, 0) is 4.79 Å². The van der Waals surface area contributed by atoms with Crippen LogP contribution in [0.25, 0.3) is 0 Å². The second kappa shape index (κ2) is 4.58. The minimum absolute atomic E-state index is 0.139. The molecule has 0 radical (unpaired) electrons. The predicted octanol–water partition coefficient (Wildman–Crippen LogP) is -0.585. The molecule has 1 fully saturated rings. The fraction of sp³-hybridized carbons (Fsp3) is 0.889. The molecule has 2 N–H and O–H groups in total. The topological polar surface area (TPSA) is 44.4 Å². The number of nitrogens with zero attached hydrogens (tertiary/aromatic N) is 1. The molecule has 1 unspecified atom stereocenters. The molecule has 0 aromatic heterocycles. The maximum Gasteiger partial charge on any atom is 0.234 e. The lowest BCUT2D eigenvalue weighted by Crippen LogP contribution is -2.58. The van der Waals surface area contributed by atoms with Crippen LogP contribution in [0.15, 0.2) is 0 Å². The number of nitrogens with one attached hydrogen (secondary N) is 2. The zero-order valence-electron chi connectivity index (χ0n) is 8.63. The molecule has 4 nitrogen and oxygen atoms in total. The lowest BCUT2D eigenvalue weighted by molar-refractivity contribution is -0.126. The van der Waals surface area contributed by atoms with Crippen molar-refractivity contribution >= 4 is 5.91 Å². The summed E-state index contributed by atoms with van der Waals surface area (Å²) in [4.78, 5) is 13.5. The van der Waals surface area contributed by atoms with Gasteiger partial charge in [-0.3, -0.25) is 9.69 Å². The Bertz CT molecular complexity index is 182. The number of carbonyl (C=O) groups excluding carboxylic acids is 1. The van der Waals surface area contributed by atoms with Crippen molar-refractivity contribution in [1.82, 2.24) is 15.5 Å². The van der Waals surface area contributed by atoms with Crippen LogP contribution in [0.4, 0.5) is 0 Å². The summed E-state index contributed by atoms with van der Waals surface area (Å²) < 4.78 is 0. The molecule has 0 aliphatic carbocycles. The first-order chi connectivity index (χ1) is 6.13. The molecule has 13 heavy (non-hydrogen) atoms. The summed E-state index contributed by atoms with van der Waals surface area (Å²) in [6.45, 7) is 6.57. The Balaban J connectivity index is 2.47. The van der Waals surface area contributed by atoms with E-state index in [1.54, 1.807) is 0 Å². The van der Waals surface area contributed by atoms with Crippen molar-refractivity contribution in [1.29, 1.82) is 0 Å². The summed E-state index contributed by atoms with van der Waals surface area (Å²) in [6, 6.07) is 0.707. The first-order valence-corrected chi connectivity index (χ1v) is 4.81. The molecule has 1 saturated heterocycles. The summed E-state index contributed by atoms with van der Waals surface area (Å²) in [5.74, 6) is 0.139. The quantitative estimate of drug-likeness (QED) is 0.618. The van der Waals surface area contributed by atoms with Gasteiger partial charge in [-0.25, -0.2) is 0 Å². The van der Waals surface area contributed by atoms with Gasteiger partial charge in [0.05, 0.1) is 12.6 Å². The zero-order valence-corrected chi connectivity index (χ0v) is 8.63. The zero-order chi connectivity index (χ0) is 9.84. The van der Waals surface area contributed by atoms with Gasteiger partial charge in [0.25, 0.3) is 0 Å². The summed E-state index contributed by atoms with van der Waals surface area (Å²) in [5, 5.41) is 6.04. The Morgan fingerprint density at radius 3 is 2.92 bits per heavy atom. The third kappa shape index (κ3) is 2.97. The van der Waals surface area contributed by atoms with E-state index in [2.05, 4.69) is 29.4 Å². The SMILES string of the molecule is CNCC1CN(C(C)C)CC(=O)N1. The molecule has 1 aliphatic heterocycles. The van der Waals surface area contributed by atoms with E-state index in [9.17, 15) is 4.79 Å². The van der Waals surface area contributed by atoms with Crippen molar-refractivity contribution < 1.29 is 4.79 Å². The average Bonchev–Trinajstić information content (AvgIpc) is 2.03. The highest BCUT2D eigenvalue weighted by atomic mass is 16.2. The molecule has 0 aromatic rings. The fourth-order valence-corrected chi connectivity index (χ4v) is 1.61. The van der Waals surface area contributed by atoms with E-state index in [0.29, 0.717) is 12.6 Å². The van der Waals surface area contributed by atoms with Gasteiger partial charge in [0.2, 0.25) is 5.91 Å². The van der Waals surface area contributed by atoms with Gasteiger partial charge in [-0.05, 0) is 20.9 Å². The first kappa shape index (κ1) is 10.5. The number of carbonyl (C=O) groups is 1. The Labute approximate surface area is 79.7 Å². The predicted molar refractivity (Wildman–Crippen MR) is 52.6 cm³/mol. The van der Waals surface area contributed by atoms with E-state index < -0.39 is 0 Å².